The summed E-state index contributed by atoms with van der Waals surface area (Å²) >= 11 is 0. The number of fused-ring (bicyclic) bond motifs is 3. The van der Waals surface area contributed by atoms with E-state index in [0.717, 1.165) is 45.9 Å². The lowest BCUT2D eigenvalue weighted by molar-refractivity contribution is 0.415. The van der Waals surface area contributed by atoms with Crippen molar-refractivity contribution < 1.29 is 4.74 Å². The molecule has 0 spiro atoms. The van der Waals surface area contributed by atoms with E-state index in [0.29, 0.717) is 0 Å². The minimum Gasteiger partial charge on any atom is -0.497 e. The highest BCUT2D eigenvalue weighted by molar-refractivity contribution is 5.92. The van der Waals surface area contributed by atoms with Crippen LogP contribution in [0.2, 0.25) is 0 Å². The number of para-hydroxylation sites is 1. The van der Waals surface area contributed by atoms with Gasteiger partial charge in [-0.2, -0.15) is 0 Å². The highest BCUT2D eigenvalue weighted by Gasteiger charge is 2.15. The highest BCUT2D eigenvalue weighted by Crippen LogP contribution is 2.26. The van der Waals surface area contributed by atoms with Crippen molar-refractivity contribution in [3.63, 3.8) is 0 Å². The minimum atomic E-state index is 0.803. The predicted molar refractivity (Wildman–Crippen MR) is 89.7 cm³/mol. The van der Waals surface area contributed by atoms with E-state index in [4.69, 9.17) is 9.72 Å². The topological polar surface area (TPSA) is 52.3 Å². The van der Waals surface area contributed by atoms with Gasteiger partial charge < -0.3 is 4.74 Å². The van der Waals surface area contributed by atoms with Crippen molar-refractivity contribution in [1.82, 2.24) is 19.6 Å². The molecule has 2 heterocycles. The molecule has 2 aromatic carbocycles. The summed E-state index contributed by atoms with van der Waals surface area (Å²) in [6.45, 7) is 2.09. The molecule has 0 saturated heterocycles. The molecule has 5 nitrogen and oxygen atoms in total. The van der Waals surface area contributed by atoms with E-state index >= 15 is 0 Å². The molecule has 4 rings (SSSR count). The summed E-state index contributed by atoms with van der Waals surface area (Å²) < 4.78 is 7.27. The molecule has 0 bridgehead atoms. The van der Waals surface area contributed by atoms with Crippen LogP contribution in [0.25, 0.3) is 27.9 Å². The largest absolute Gasteiger partial charge is 0.497 e. The first-order valence-corrected chi connectivity index (χ1v) is 7.59. The number of rotatable bonds is 3. The molecule has 0 unspecified atom stereocenters. The Kier molecular flexibility index (Phi) is 3.19. The molecule has 2 aromatic heterocycles. The minimum absolute atomic E-state index is 0.803. The van der Waals surface area contributed by atoms with Gasteiger partial charge in [0.25, 0.3) is 0 Å². The summed E-state index contributed by atoms with van der Waals surface area (Å²) in [7, 11) is 1.66. The number of benzene rings is 2. The lowest BCUT2D eigenvalue weighted by Gasteiger charge is -2.08. The first-order valence-electron chi connectivity index (χ1n) is 7.59. The fourth-order valence-corrected chi connectivity index (χ4v) is 2.82. The van der Waals surface area contributed by atoms with Crippen LogP contribution in [-0.4, -0.2) is 26.7 Å². The second kappa shape index (κ2) is 5.35. The maximum absolute atomic E-state index is 5.22. The summed E-state index contributed by atoms with van der Waals surface area (Å²) in [5.41, 5.74) is 2.79. The molecule has 0 saturated carbocycles. The third-order valence-electron chi connectivity index (χ3n) is 3.98. The quantitative estimate of drug-likeness (QED) is 0.581. The monoisotopic (exact) mass is 304 g/mol. The van der Waals surface area contributed by atoms with Crippen LogP contribution in [0.1, 0.15) is 12.7 Å². The van der Waals surface area contributed by atoms with Crippen molar-refractivity contribution in [3.05, 3.63) is 54.4 Å². The van der Waals surface area contributed by atoms with Gasteiger partial charge in [-0.05, 0) is 36.4 Å². The molecule has 0 amide bonds. The molecule has 0 atom stereocenters. The summed E-state index contributed by atoms with van der Waals surface area (Å²) in [6, 6.07) is 15.9. The van der Waals surface area contributed by atoms with Crippen molar-refractivity contribution in [2.75, 3.05) is 7.11 Å². The summed E-state index contributed by atoms with van der Waals surface area (Å²) in [6.07, 6.45) is 0.808. The second-order valence-electron chi connectivity index (χ2n) is 5.31. The van der Waals surface area contributed by atoms with E-state index in [-0.39, 0.29) is 0 Å². The zero-order valence-electron chi connectivity index (χ0n) is 13.0. The van der Waals surface area contributed by atoms with Gasteiger partial charge in [-0.3, -0.25) is 4.40 Å². The Morgan fingerprint density at radius 2 is 1.78 bits per heavy atom. The second-order valence-corrected chi connectivity index (χ2v) is 5.31. The average molecular weight is 304 g/mol. The summed E-state index contributed by atoms with van der Waals surface area (Å²) in [4.78, 5) is 4.77. The highest BCUT2D eigenvalue weighted by atomic mass is 16.5. The van der Waals surface area contributed by atoms with E-state index in [2.05, 4.69) is 17.1 Å². The Morgan fingerprint density at radius 3 is 2.52 bits per heavy atom. The molecular weight excluding hydrogens is 288 g/mol. The van der Waals surface area contributed by atoms with E-state index < -0.39 is 0 Å². The van der Waals surface area contributed by atoms with Crippen LogP contribution in [0.3, 0.4) is 0 Å². The third-order valence-corrected chi connectivity index (χ3v) is 3.98. The Hall–Kier alpha value is -2.95. The van der Waals surface area contributed by atoms with Crippen LogP contribution in [0.5, 0.6) is 5.75 Å². The zero-order chi connectivity index (χ0) is 15.8. The number of nitrogens with zero attached hydrogens (tertiary/aromatic N) is 4. The SMILES string of the molecule is CCc1nc2ccccc2c2nnc(-c3ccc(OC)cc3)n12. The molecule has 4 aromatic rings. The lowest BCUT2D eigenvalue weighted by atomic mass is 10.2. The molecular formula is C18H16N4O. The number of hydrogen-bond donors (Lipinski definition) is 0. The Labute approximate surface area is 133 Å². The number of aryl methyl sites for hydroxylation is 1. The van der Waals surface area contributed by atoms with E-state index in [9.17, 15) is 0 Å². The first kappa shape index (κ1) is 13.7. The van der Waals surface area contributed by atoms with E-state index in [1.165, 1.54) is 0 Å². The fraction of sp³-hybridized carbons (Fsp3) is 0.167. The fourth-order valence-electron chi connectivity index (χ4n) is 2.82. The molecule has 0 fully saturated rings. The molecule has 0 aliphatic rings. The number of ether oxygens (including phenoxy) is 1. The van der Waals surface area contributed by atoms with Crippen molar-refractivity contribution in [2.45, 2.75) is 13.3 Å². The van der Waals surface area contributed by atoms with E-state index in [1.807, 2.05) is 52.9 Å². The van der Waals surface area contributed by atoms with Crippen molar-refractivity contribution >= 4 is 16.6 Å². The maximum Gasteiger partial charge on any atom is 0.171 e. The Morgan fingerprint density at radius 1 is 1.00 bits per heavy atom. The van der Waals surface area contributed by atoms with Gasteiger partial charge in [-0.15, -0.1) is 10.2 Å². The van der Waals surface area contributed by atoms with Gasteiger partial charge in [0.1, 0.15) is 11.6 Å². The van der Waals surface area contributed by atoms with Crippen LogP contribution in [0, 0.1) is 0 Å². The maximum atomic E-state index is 5.22. The molecule has 5 heteroatoms. The summed E-state index contributed by atoms with van der Waals surface area (Å²) in [5, 5.41) is 9.84. The normalized spacial score (nSPS) is 11.2. The summed E-state index contributed by atoms with van der Waals surface area (Å²) in [5.74, 6) is 2.58. The molecule has 23 heavy (non-hydrogen) atoms. The predicted octanol–water partition coefficient (Wildman–Crippen LogP) is 3.52. The standard InChI is InChI=1S/C18H16N4O/c1-3-16-19-15-7-5-4-6-14(15)18-21-20-17(22(16)18)12-8-10-13(23-2)11-9-12/h4-11H,3H2,1-2H3. The van der Waals surface area contributed by atoms with Gasteiger partial charge >= 0.3 is 0 Å². The molecule has 114 valence electrons. The van der Waals surface area contributed by atoms with Crippen LogP contribution < -0.4 is 4.74 Å². The number of aromatic nitrogens is 4. The first-order chi connectivity index (χ1) is 11.3. The Balaban J connectivity index is 2.02. The van der Waals surface area contributed by atoms with Gasteiger partial charge in [0.15, 0.2) is 11.5 Å². The van der Waals surface area contributed by atoms with Gasteiger partial charge in [-0.25, -0.2) is 4.98 Å². The van der Waals surface area contributed by atoms with Crippen molar-refractivity contribution in [2.24, 2.45) is 0 Å². The molecule has 0 aliphatic carbocycles. The smallest absolute Gasteiger partial charge is 0.171 e. The Bertz CT molecular complexity index is 989. The number of hydrogen-bond acceptors (Lipinski definition) is 4. The third kappa shape index (κ3) is 2.12. The molecule has 0 N–H and O–H groups in total. The zero-order valence-corrected chi connectivity index (χ0v) is 13.0. The van der Waals surface area contributed by atoms with Crippen molar-refractivity contribution in [1.29, 1.82) is 0 Å². The van der Waals surface area contributed by atoms with Gasteiger partial charge in [0.05, 0.1) is 12.6 Å². The molecule has 0 aliphatic heterocycles. The van der Waals surface area contributed by atoms with Crippen LogP contribution in [-0.2, 0) is 6.42 Å². The van der Waals surface area contributed by atoms with Gasteiger partial charge in [0.2, 0.25) is 0 Å². The number of methoxy groups -OCH3 is 1. The van der Waals surface area contributed by atoms with E-state index in [1.54, 1.807) is 7.11 Å². The lowest BCUT2D eigenvalue weighted by Crippen LogP contribution is -2.02. The van der Waals surface area contributed by atoms with Crippen molar-refractivity contribution in [3.8, 4) is 17.1 Å². The van der Waals surface area contributed by atoms with Crippen LogP contribution in [0.15, 0.2) is 48.5 Å². The van der Waals surface area contributed by atoms with Gasteiger partial charge in [-0.1, -0.05) is 19.1 Å². The molecule has 0 radical (unpaired) electrons. The van der Waals surface area contributed by atoms with Gasteiger partial charge in [0, 0.05) is 17.4 Å². The van der Waals surface area contributed by atoms with Crippen LogP contribution >= 0.6 is 0 Å². The average Bonchev–Trinajstić information content (AvgIpc) is 3.06. The van der Waals surface area contributed by atoms with Crippen LogP contribution in [0.4, 0.5) is 0 Å².